The largest absolute Gasteiger partial charge is 0.322 e. The minimum atomic E-state index is -2.87. The molecule has 1 atom stereocenters. The monoisotopic (exact) mass is 534 g/mol. The highest BCUT2D eigenvalue weighted by molar-refractivity contribution is 5.98. The first-order valence-electron chi connectivity index (χ1n) is 13.6. The molecular weight excluding hydrogens is 498 g/mol. The molecule has 0 aliphatic carbocycles. The number of hydrogen-bond donors (Lipinski definition) is 2. The highest BCUT2D eigenvalue weighted by atomic mass is 19.3. The van der Waals surface area contributed by atoms with Crippen molar-refractivity contribution in [1.29, 1.82) is 0 Å². The molecule has 2 amide bonds. The van der Waals surface area contributed by atoms with Crippen LogP contribution in [-0.4, -0.2) is 63.8 Å². The minimum Gasteiger partial charge on any atom is -0.316 e. The first-order chi connectivity index (χ1) is 18.7. The van der Waals surface area contributed by atoms with Crippen LogP contribution in [0.15, 0.2) is 53.5 Å². The number of aliphatic imine (C=N–C) groups is 1. The van der Waals surface area contributed by atoms with Crippen LogP contribution in [0.25, 0.3) is 16.5 Å². The number of carbonyl (C=O) groups excluding carboxylic acids is 1. The lowest BCUT2D eigenvalue weighted by molar-refractivity contribution is -0.0910. The van der Waals surface area contributed by atoms with Gasteiger partial charge in [0.2, 0.25) is 0 Å². The zero-order valence-corrected chi connectivity index (χ0v) is 22.8. The number of alkyl halides is 2. The van der Waals surface area contributed by atoms with Gasteiger partial charge in [0.25, 0.3) is 5.92 Å². The molecule has 0 bridgehead atoms. The molecule has 2 aliphatic heterocycles. The average Bonchev–Trinajstić information content (AvgIpc) is 3.29. The number of allylic oxidation sites excluding steroid dienone is 2. The highest BCUT2D eigenvalue weighted by Crippen LogP contribution is 2.36. The number of piperidine rings is 1. The molecule has 3 heterocycles. The van der Waals surface area contributed by atoms with E-state index in [4.69, 9.17) is 0 Å². The number of halogens is 2. The molecule has 2 aliphatic rings. The zero-order chi connectivity index (χ0) is 27.6. The summed E-state index contributed by atoms with van der Waals surface area (Å²) in [4.78, 5) is 20.9. The molecular formula is C30H36F2N6O. The fourth-order valence-electron chi connectivity index (χ4n) is 5.41. The summed E-state index contributed by atoms with van der Waals surface area (Å²) in [6, 6.07) is 12.6. The maximum atomic E-state index is 14.9. The van der Waals surface area contributed by atoms with Crippen LogP contribution in [-0.2, 0) is 13.1 Å². The Kier molecular flexibility index (Phi) is 7.79. The molecule has 39 heavy (non-hydrogen) atoms. The minimum absolute atomic E-state index is 0.270. The number of anilines is 1. The van der Waals surface area contributed by atoms with Gasteiger partial charge in [-0.05, 0) is 41.7 Å². The summed E-state index contributed by atoms with van der Waals surface area (Å²) in [6.45, 7) is 7.88. The van der Waals surface area contributed by atoms with Gasteiger partial charge in [0, 0.05) is 56.3 Å². The first-order valence-corrected chi connectivity index (χ1v) is 13.6. The van der Waals surface area contributed by atoms with Gasteiger partial charge < -0.3 is 10.2 Å². The molecule has 2 N–H and O–H groups in total. The van der Waals surface area contributed by atoms with Crippen molar-refractivity contribution in [2.24, 2.45) is 10.9 Å². The van der Waals surface area contributed by atoms with Crippen LogP contribution < -0.4 is 5.32 Å². The highest BCUT2D eigenvalue weighted by Gasteiger charge is 2.44. The lowest BCUT2D eigenvalue weighted by atomic mass is 9.97. The number of urea groups is 1. The van der Waals surface area contributed by atoms with Crippen LogP contribution in [0.4, 0.5) is 19.3 Å². The molecule has 0 unspecified atom stereocenters. The maximum absolute atomic E-state index is 14.9. The van der Waals surface area contributed by atoms with Crippen molar-refractivity contribution < 1.29 is 13.6 Å². The van der Waals surface area contributed by atoms with Crippen molar-refractivity contribution in [3.8, 4) is 0 Å². The molecule has 2 aromatic carbocycles. The van der Waals surface area contributed by atoms with E-state index < -0.39 is 12.0 Å². The van der Waals surface area contributed by atoms with E-state index in [1.165, 1.54) is 0 Å². The smallest absolute Gasteiger partial charge is 0.316 e. The van der Waals surface area contributed by atoms with E-state index in [0.29, 0.717) is 24.7 Å². The second-order valence-corrected chi connectivity index (χ2v) is 11.1. The SMILES string of the molecule is C/C(=C\C/C=N\CC(C)C)c1n[nH]c2cc3c(cc12)CN([C@H]1CN(Cc2ccccc2)CC(F)(F)C1)C(=O)N3. The first kappa shape index (κ1) is 27.0. The summed E-state index contributed by atoms with van der Waals surface area (Å²) in [6.07, 6.45) is 4.39. The fraction of sp³-hybridized carbons (Fsp3) is 0.433. The van der Waals surface area contributed by atoms with E-state index in [2.05, 4.69) is 40.4 Å². The summed E-state index contributed by atoms with van der Waals surface area (Å²) in [5, 5.41) is 11.5. The number of nitrogens with zero attached hydrogens (tertiary/aromatic N) is 4. The molecule has 1 aromatic heterocycles. The number of likely N-dealkylation sites (tertiary alicyclic amines) is 1. The topological polar surface area (TPSA) is 76.6 Å². The number of amides is 2. The van der Waals surface area contributed by atoms with E-state index >= 15 is 0 Å². The van der Waals surface area contributed by atoms with Crippen LogP contribution in [0.5, 0.6) is 0 Å². The van der Waals surface area contributed by atoms with Gasteiger partial charge in [-0.3, -0.25) is 15.0 Å². The van der Waals surface area contributed by atoms with Gasteiger partial charge in [-0.2, -0.15) is 5.10 Å². The van der Waals surface area contributed by atoms with E-state index in [1.807, 2.05) is 55.6 Å². The van der Waals surface area contributed by atoms with E-state index in [1.54, 1.807) is 9.80 Å². The van der Waals surface area contributed by atoms with Crippen LogP contribution in [0.3, 0.4) is 0 Å². The van der Waals surface area contributed by atoms with Crippen molar-refractivity contribution in [2.75, 3.05) is 25.0 Å². The predicted molar refractivity (Wildman–Crippen MR) is 152 cm³/mol. The number of fused-ring (bicyclic) bond motifs is 2. The van der Waals surface area contributed by atoms with Crippen LogP contribution >= 0.6 is 0 Å². The van der Waals surface area contributed by atoms with Crippen molar-refractivity contribution in [2.45, 2.75) is 58.7 Å². The molecule has 0 radical (unpaired) electrons. The van der Waals surface area contributed by atoms with Crippen molar-refractivity contribution in [1.82, 2.24) is 20.0 Å². The van der Waals surface area contributed by atoms with Gasteiger partial charge in [-0.25, -0.2) is 13.6 Å². The molecule has 1 fully saturated rings. The van der Waals surface area contributed by atoms with Crippen molar-refractivity contribution >= 4 is 34.4 Å². The van der Waals surface area contributed by atoms with Crippen LogP contribution in [0.2, 0.25) is 0 Å². The van der Waals surface area contributed by atoms with Crippen LogP contribution in [0.1, 0.15) is 50.4 Å². The third kappa shape index (κ3) is 6.36. The molecule has 1 saturated heterocycles. The summed E-state index contributed by atoms with van der Waals surface area (Å²) in [5.41, 5.74) is 5.23. The standard InChI is InChI=1S/C30H36F2N6O/c1-20(2)15-33-11-7-8-21(3)28-25-12-23-17-38(29(39)34-26(23)13-27(25)35-36-28)24-14-30(31,32)19-37(18-24)16-22-9-5-4-6-10-22/h4-6,8-13,20,24H,7,14-19H2,1-3H3,(H,34,39)(H,35,36)/b21-8+,33-11-/t24-/m1/s1. The van der Waals surface area contributed by atoms with Crippen molar-refractivity contribution in [3.05, 3.63) is 65.4 Å². The number of benzene rings is 2. The van der Waals surface area contributed by atoms with E-state index in [0.717, 1.165) is 46.3 Å². The Bertz CT molecular complexity index is 1380. The summed E-state index contributed by atoms with van der Waals surface area (Å²) in [7, 11) is 0. The number of carbonyl (C=O) groups is 1. The molecule has 5 rings (SSSR count). The summed E-state index contributed by atoms with van der Waals surface area (Å²) in [5.74, 6) is -2.35. The van der Waals surface area contributed by atoms with Gasteiger partial charge in [0.1, 0.15) is 0 Å². The Labute approximate surface area is 228 Å². The Hall–Kier alpha value is -3.59. The third-order valence-corrected chi connectivity index (χ3v) is 7.28. The van der Waals surface area contributed by atoms with E-state index in [-0.39, 0.29) is 25.5 Å². The second-order valence-electron chi connectivity index (χ2n) is 11.1. The van der Waals surface area contributed by atoms with Gasteiger partial charge in [-0.1, -0.05) is 50.3 Å². The second kappa shape index (κ2) is 11.3. The molecule has 0 saturated carbocycles. The molecule has 206 valence electrons. The maximum Gasteiger partial charge on any atom is 0.322 e. The third-order valence-electron chi connectivity index (χ3n) is 7.28. The lowest BCUT2D eigenvalue weighted by Gasteiger charge is -2.44. The molecule has 3 aromatic rings. The quantitative estimate of drug-likeness (QED) is 0.331. The molecule has 0 spiro atoms. The normalized spacial score (nSPS) is 20.2. The van der Waals surface area contributed by atoms with Crippen LogP contribution in [0, 0.1) is 5.92 Å². The Morgan fingerprint density at radius 2 is 2.05 bits per heavy atom. The van der Waals surface area contributed by atoms with Gasteiger partial charge >= 0.3 is 6.03 Å². The number of hydrogen-bond acceptors (Lipinski definition) is 4. The predicted octanol–water partition coefficient (Wildman–Crippen LogP) is 6.34. The number of rotatable bonds is 8. The summed E-state index contributed by atoms with van der Waals surface area (Å²) >= 11 is 0. The number of aromatic nitrogens is 2. The Morgan fingerprint density at radius 3 is 2.82 bits per heavy atom. The molecule has 7 nitrogen and oxygen atoms in total. The lowest BCUT2D eigenvalue weighted by Crippen LogP contribution is -2.57. The average molecular weight is 535 g/mol. The Balaban J connectivity index is 1.35. The van der Waals surface area contributed by atoms with E-state index in [9.17, 15) is 13.6 Å². The number of nitrogens with one attached hydrogen (secondary N) is 2. The molecule has 9 heteroatoms. The summed E-state index contributed by atoms with van der Waals surface area (Å²) < 4.78 is 29.7. The Morgan fingerprint density at radius 1 is 1.26 bits per heavy atom. The van der Waals surface area contributed by atoms with Crippen molar-refractivity contribution in [3.63, 3.8) is 0 Å². The number of aromatic amines is 1. The zero-order valence-electron chi connectivity index (χ0n) is 22.8. The number of H-pyrrole nitrogens is 1. The van der Waals surface area contributed by atoms with Gasteiger partial charge in [0.15, 0.2) is 0 Å². The van der Waals surface area contributed by atoms with Gasteiger partial charge in [0.05, 0.1) is 23.8 Å². The van der Waals surface area contributed by atoms with Gasteiger partial charge in [-0.15, -0.1) is 0 Å². The fourth-order valence-corrected chi connectivity index (χ4v) is 5.41.